The second-order valence-electron chi connectivity index (χ2n) is 8.17. The standard InChI is InChI=1S/C22H25N7O3/c1-12(2)28-9-15(13-5-4-6-24-20(13)28)16-7-19(23-3)29-21(26-16)14(8-25-29)22(31)27-17-10-32-11-18(17)30/h4-9,12,17-18,23,30H,10-11H2,1-3H3,(H,27,31). The highest BCUT2D eigenvalue weighted by atomic mass is 16.5. The van der Waals surface area contributed by atoms with Gasteiger partial charge in [0, 0.05) is 42.5 Å². The number of carbonyl (C=O) groups excluding carboxylic acids is 1. The van der Waals surface area contributed by atoms with Crippen LogP contribution in [-0.2, 0) is 4.74 Å². The molecule has 0 bridgehead atoms. The average molecular weight is 435 g/mol. The number of ether oxygens (including phenoxy) is 1. The van der Waals surface area contributed by atoms with Gasteiger partial charge in [-0.15, -0.1) is 0 Å². The SMILES string of the molecule is CNc1cc(-c2cn(C(C)C)c3ncccc23)nc2c(C(=O)NC3COCC3O)cnn12. The topological polar surface area (TPSA) is 119 Å². The van der Waals surface area contributed by atoms with Crippen LogP contribution in [0, 0.1) is 0 Å². The molecule has 10 nitrogen and oxygen atoms in total. The third kappa shape index (κ3) is 3.28. The van der Waals surface area contributed by atoms with Crippen molar-refractivity contribution in [3.05, 3.63) is 42.4 Å². The Bertz CT molecular complexity index is 1310. The van der Waals surface area contributed by atoms with Crippen molar-refractivity contribution in [1.29, 1.82) is 0 Å². The zero-order valence-electron chi connectivity index (χ0n) is 18.1. The molecule has 10 heteroatoms. The Morgan fingerprint density at radius 3 is 2.88 bits per heavy atom. The summed E-state index contributed by atoms with van der Waals surface area (Å²) in [7, 11) is 1.80. The molecule has 1 saturated heterocycles. The molecule has 166 valence electrons. The summed E-state index contributed by atoms with van der Waals surface area (Å²) in [6.07, 6.45) is 4.58. The number of pyridine rings is 1. The molecule has 1 aliphatic rings. The molecule has 4 aromatic heterocycles. The van der Waals surface area contributed by atoms with Crippen molar-refractivity contribution in [2.75, 3.05) is 25.6 Å². The molecule has 1 amide bonds. The molecule has 5 rings (SSSR count). The van der Waals surface area contributed by atoms with Crippen molar-refractivity contribution >= 4 is 28.4 Å². The quantitative estimate of drug-likeness (QED) is 0.438. The van der Waals surface area contributed by atoms with Crippen LogP contribution >= 0.6 is 0 Å². The number of hydrogen-bond donors (Lipinski definition) is 3. The van der Waals surface area contributed by atoms with Gasteiger partial charge >= 0.3 is 0 Å². The van der Waals surface area contributed by atoms with Gasteiger partial charge in [0.1, 0.15) is 17.0 Å². The van der Waals surface area contributed by atoms with E-state index in [0.717, 1.165) is 16.6 Å². The van der Waals surface area contributed by atoms with Gasteiger partial charge in [0.25, 0.3) is 5.91 Å². The Labute approximate surface area is 184 Å². The number of aromatic nitrogens is 5. The largest absolute Gasteiger partial charge is 0.388 e. The zero-order valence-corrected chi connectivity index (χ0v) is 18.1. The molecule has 4 aromatic rings. The lowest BCUT2D eigenvalue weighted by molar-refractivity contribution is 0.0888. The molecule has 2 atom stereocenters. The Kier molecular flexibility index (Phi) is 5.03. The van der Waals surface area contributed by atoms with Crippen molar-refractivity contribution in [2.45, 2.75) is 32.0 Å². The highest BCUT2D eigenvalue weighted by molar-refractivity contribution is 6.01. The lowest BCUT2D eigenvalue weighted by atomic mass is 10.1. The van der Waals surface area contributed by atoms with E-state index in [9.17, 15) is 9.90 Å². The fourth-order valence-electron chi connectivity index (χ4n) is 4.05. The first-order valence-corrected chi connectivity index (χ1v) is 10.6. The third-order valence-electron chi connectivity index (χ3n) is 5.76. The maximum Gasteiger partial charge on any atom is 0.257 e. The van der Waals surface area contributed by atoms with Gasteiger partial charge in [0.05, 0.1) is 37.3 Å². The van der Waals surface area contributed by atoms with Gasteiger partial charge in [0.2, 0.25) is 0 Å². The molecule has 0 saturated carbocycles. The molecule has 2 unspecified atom stereocenters. The van der Waals surface area contributed by atoms with Crippen LogP contribution in [0.5, 0.6) is 0 Å². The van der Waals surface area contributed by atoms with Crippen molar-refractivity contribution in [1.82, 2.24) is 29.5 Å². The van der Waals surface area contributed by atoms with Gasteiger partial charge in [-0.25, -0.2) is 9.97 Å². The van der Waals surface area contributed by atoms with Crippen LogP contribution in [-0.4, -0.2) is 67.6 Å². The summed E-state index contributed by atoms with van der Waals surface area (Å²) in [4.78, 5) is 22.3. The number of amides is 1. The zero-order chi connectivity index (χ0) is 22.4. The highest BCUT2D eigenvalue weighted by Gasteiger charge is 2.29. The monoisotopic (exact) mass is 435 g/mol. The minimum absolute atomic E-state index is 0.208. The predicted molar refractivity (Wildman–Crippen MR) is 120 cm³/mol. The first-order valence-electron chi connectivity index (χ1n) is 10.6. The number of aliphatic hydroxyl groups excluding tert-OH is 1. The molecule has 0 spiro atoms. The summed E-state index contributed by atoms with van der Waals surface area (Å²) >= 11 is 0. The van der Waals surface area contributed by atoms with Crippen LogP contribution in [0.2, 0.25) is 0 Å². The van der Waals surface area contributed by atoms with Crippen LogP contribution in [0.15, 0.2) is 36.8 Å². The van der Waals surface area contributed by atoms with E-state index in [0.29, 0.717) is 22.7 Å². The summed E-state index contributed by atoms with van der Waals surface area (Å²) in [6, 6.07) is 5.60. The Morgan fingerprint density at radius 1 is 1.31 bits per heavy atom. The van der Waals surface area contributed by atoms with Crippen LogP contribution in [0.1, 0.15) is 30.2 Å². The number of anilines is 1. The summed E-state index contributed by atoms with van der Waals surface area (Å²) in [5, 5.41) is 21.3. The van der Waals surface area contributed by atoms with Crippen LogP contribution in [0.25, 0.3) is 27.9 Å². The Morgan fingerprint density at radius 2 is 2.16 bits per heavy atom. The maximum absolute atomic E-state index is 13.0. The molecule has 5 heterocycles. The number of carbonyl (C=O) groups is 1. The van der Waals surface area contributed by atoms with E-state index in [-0.39, 0.29) is 25.2 Å². The summed E-state index contributed by atoms with van der Waals surface area (Å²) in [6.45, 7) is 4.69. The number of rotatable bonds is 5. The number of nitrogens with zero attached hydrogens (tertiary/aromatic N) is 5. The van der Waals surface area contributed by atoms with E-state index < -0.39 is 12.1 Å². The van der Waals surface area contributed by atoms with Crippen molar-refractivity contribution < 1.29 is 14.6 Å². The Hall–Kier alpha value is -3.50. The average Bonchev–Trinajstić information content (AvgIpc) is 3.50. The fourth-order valence-corrected chi connectivity index (χ4v) is 4.05. The first kappa shape index (κ1) is 20.4. The third-order valence-corrected chi connectivity index (χ3v) is 5.76. The van der Waals surface area contributed by atoms with E-state index >= 15 is 0 Å². The number of nitrogens with one attached hydrogen (secondary N) is 2. The van der Waals surface area contributed by atoms with Crippen molar-refractivity contribution in [3.8, 4) is 11.3 Å². The normalized spacial score (nSPS) is 18.7. The molecule has 32 heavy (non-hydrogen) atoms. The van der Waals surface area contributed by atoms with Gasteiger partial charge in [-0.2, -0.15) is 9.61 Å². The number of hydrogen-bond acceptors (Lipinski definition) is 7. The van der Waals surface area contributed by atoms with Crippen molar-refractivity contribution in [3.63, 3.8) is 0 Å². The van der Waals surface area contributed by atoms with Crippen LogP contribution < -0.4 is 10.6 Å². The lowest BCUT2D eigenvalue weighted by Gasteiger charge is -2.14. The minimum atomic E-state index is -0.730. The van der Waals surface area contributed by atoms with E-state index in [2.05, 4.69) is 39.1 Å². The van der Waals surface area contributed by atoms with Gasteiger partial charge < -0.3 is 25.0 Å². The second kappa shape index (κ2) is 7.88. The molecular weight excluding hydrogens is 410 g/mol. The Balaban J connectivity index is 1.63. The molecule has 1 fully saturated rings. The van der Waals surface area contributed by atoms with E-state index in [1.54, 1.807) is 17.8 Å². The number of fused-ring (bicyclic) bond motifs is 2. The second-order valence-corrected chi connectivity index (χ2v) is 8.17. The fraction of sp³-hybridized carbons (Fsp3) is 0.364. The molecule has 0 aliphatic carbocycles. The minimum Gasteiger partial charge on any atom is -0.388 e. The van der Waals surface area contributed by atoms with Crippen LogP contribution in [0.3, 0.4) is 0 Å². The van der Waals surface area contributed by atoms with Gasteiger partial charge in [-0.05, 0) is 26.0 Å². The molecule has 0 aromatic carbocycles. The van der Waals surface area contributed by atoms with Crippen LogP contribution in [0.4, 0.5) is 5.82 Å². The number of aliphatic hydroxyl groups is 1. The van der Waals surface area contributed by atoms with E-state index in [1.165, 1.54) is 6.20 Å². The van der Waals surface area contributed by atoms with Crippen molar-refractivity contribution in [2.24, 2.45) is 0 Å². The summed E-state index contributed by atoms with van der Waals surface area (Å²) < 4.78 is 8.94. The van der Waals surface area contributed by atoms with E-state index in [1.807, 2.05) is 24.4 Å². The lowest BCUT2D eigenvalue weighted by Crippen LogP contribution is -2.42. The molecular formula is C22H25N7O3. The molecule has 3 N–H and O–H groups in total. The highest BCUT2D eigenvalue weighted by Crippen LogP contribution is 2.32. The van der Waals surface area contributed by atoms with Gasteiger partial charge in [-0.3, -0.25) is 4.79 Å². The summed E-state index contributed by atoms with van der Waals surface area (Å²) in [5.41, 5.74) is 3.26. The smallest absolute Gasteiger partial charge is 0.257 e. The molecule has 1 aliphatic heterocycles. The van der Waals surface area contributed by atoms with Gasteiger partial charge in [0.15, 0.2) is 5.65 Å². The molecule has 0 radical (unpaired) electrons. The van der Waals surface area contributed by atoms with Gasteiger partial charge in [-0.1, -0.05) is 0 Å². The predicted octanol–water partition coefficient (Wildman–Crippen LogP) is 1.86. The first-order chi connectivity index (χ1) is 15.5. The summed E-state index contributed by atoms with van der Waals surface area (Å²) in [5.74, 6) is 0.343. The van der Waals surface area contributed by atoms with E-state index in [4.69, 9.17) is 9.72 Å². The maximum atomic E-state index is 13.0.